The van der Waals surface area contributed by atoms with Gasteiger partial charge in [0.15, 0.2) is 0 Å². The highest BCUT2D eigenvalue weighted by atomic mass is 32.2. The van der Waals surface area contributed by atoms with Gasteiger partial charge in [-0.1, -0.05) is 6.92 Å². The second kappa shape index (κ2) is 7.58. The van der Waals surface area contributed by atoms with Gasteiger partial charge in [0.2, 0.25) is 10.0 Å². The maximum atomic E-state index is 12.8. The van der Waals surface area contributed by atoms with Crippen LogP contribution < -0.4 is 0 Å². The molecular weight excluding hydrogens is 415 g/mol. The molecule has 11 heteroatoms. The average Bonchev–Trinajstić information content (AvgIpc) is 3.29. The van der Waals surface area contributed by atoms with Gasteiger partial charge in [-0.05, 0) is 25.0 Å². The highest BCUT2D eigenvalue weighted by Crippen LogP contribution is 2.36. The van der Waals surface area contributed by atoms with Crippen molar-refractivity contribution in [3.63, 3.8) is 0 Å². The molecule has 0 N–H and O–H groups in total. The molecule has 2 aliphatic rings. The molecule has 3 heterocycles. The summed E-state index contributed by atoms with van der Waals surface area (Å²) in [5, 5.41) is 0. The smallest absolute Gasteiger partial charge is 0.335 e. The van der Waals surface area contributed by atoms with E-state index in [1.807, 2.05) is 6.92 Å². The molecule has 2 saturated heterocycles. The second-order valence-corrected chi connectivity index (χ2v) is 10.4. The molecule has 0 saturated carbocycles. The highest BCUT2D eigenvalue weighted by Gasteiger charge is 2.45. The van der Waals surface area contributed by atoms with Gasteiger partial charge in [0, 0.05) is 44.8 Å². The number of rotatable bonds is 4. The lowest BCUT2D eigenvalue weighted by Gasteiger charge is -2.45. The fourth-order valence-corrected chi connectivity index (χ4v) is 5.76. The Morgan fingerprint density at radius 2 is 1.82 bits per heavy atom. The van der Waals surface area contributed by atoms with Crippen LogP contribution in [-0.4, -0.2) is 79.5 Å². The summed E-state index contributed by atoms with van der Waals surface area (Å²) in [5.41, 5.74) is -0.245. The largest absolute Gasteiger partial charge is 0.425 e. The van der Waals surface area contributed by atoms with E-state index in [0.717, 1.165) is 18.9 Å². The van der Waals surface area contributed by atoms with Crippen LogP contribution in [0.25, 0.3) is 0 Å². The van der Waals surface area contributed by atoms with Gasteiger partial charge in [0.1, 0.15) is 4.88 Å². The van der Waals surface area contributed by atoms with Crippen LogP contribution in [0, 0.1) is 0 Å². The van der Waals surface area contributed by atoms with Crippen LogP contribution >= 0.6 is 11.3 Å². The maximum absolute atomic E-state index is 12.8. The number of carbonyl (C=O) groups excluding carboxylic acids is 1. The zero-order valence-corrected chi connectivity index (χ0v) is 17.5. The fourth-order valence-electron chi connectivity index (χ4n) is 4.02. The summed E-state index contributed by atoms with van der Waals surface area (Å²) in [6.07, 6.45) is -1.69. The van der Waals surface area contributed by atoms with Crippen molar-refractivity contribution in [2.75, 3.05) is 45.5 Å². The molecule has 2 fully saturated rings. The van der Waals surface area contributed by atoms with Gasteiger partial charge in [-0.2, -0.15) is 13.2 Å². The molecule has 0 spiro atoms. The topological polar surface area (TPSA) is 60.9 Å². The average molecular weight is 440 g/mol. The Hall–Kier alpha value is -1.17. The predicted octanol–water partition coefficient (Wildman–Crippen LogP) is 2.34. The first-order chi connectivity index (χ1) is 13.0. The molecule has 1 aromatic heterocycles. The van der Waals surface area contributed by atoms with Gasteiger partial charge in [-0.15, -0.1) is 11.3 Å². The summed E-state index contributed by atoms with van der Waals surface area (Å²) >= 11 is 0.471. The van der Waals surface area contributed by atoms with Crippen LogP contribution in [0.1, 0.15) is 34.3 Å². The van der Waals surface area contributed by atoms with E-state index in [1.165, 1.54) is 16.6 Å². The minimum atomic E-state index is -4.44. The molecule has 158 valence electrons. The summed E-state index contributed by atoms with van der Waals surface area (Å²) in [5.74, 6) is -0.380. The van der Waals surface area contributed by atoms with E-state index < -0.39 is 21.1 Å². The Balaban J connectivity index is 1.64. The zero-order chi connectivity index (χ0) is 20.7. The minimum Gasteiger partial charge on any atom is -0.335 e. The Morgan fingerprint density at radius 1 is 1.18 bits per heavy atom. The van der Waals surface area contributed by atoms with E-state index in [0.29, 0.717) is 50.6 Å². The molecule has 0 radical (unpaired) electrons. The van der Waals surface area contributed by atoms with E-state index in [4.69, 9.17) is 0 Å². The van der Waals surface area contributed by atoms with Crippen molar-refractivity contribution in [1.29, 1.82) is 0 Å². The van der Waals surface area contributed by atoms with Crippen LogP contribution in [0.2, 0.25) is 0 Å². The highest BCUT2D eigenvalue weighted by molar-refractivity contribution is 7.88. The van der Waals surface area contributed by atoms with Gasteiger partial charge in [-0.3, -0.25) is 9.69 Å². The molecule has 28 heavy (non-hydrogen) atoms. The molecule has 3 rings (SSSR count). The first kappa shape index (κ1) is 21.5. The molecule has 1 unspecified atom stereocenters. The summed E-state index contributed by atoms with van der Waals surface area (Å²) in [7, 11) is -3.24. The summed E-state index contributed by atoms with van der Waals surface area (Å²) in [6.45, 7) is 4.95. The molecule has 0 bridgehead atoms. The van der Waals surface area contributed by atoms with Gasteiger partial charge in [0.05, 0.1) is 11.1 Å². The van der Waals surface area contributed by atoms with Crippen LogP contribution in [0.5, 0.6) is 0 Å². The molecule has 0 aliphatic carbocycles. The van der Waals surface area contributed by atoms with Crippen LogP contribution in [0.3, 0.4) is 0 Å². The Kier molecular flexibility index (Phi) is 5.83. The van der Waals surface area contributed by atoms with Crippen molar-refractivity contribution in [2.24, 2.45) is 0 Å². The van der Waals surface area contributed by atoms with Crippen LogP contribution in [-0.2, 0) is 16.2 Å². The number of nitrogens with zero attached hydrogens (tertiary/aromatic N) is 3. The number of carbonyl (C=O) groups is 1. The van der Waals surface area contributed by atoms with Crippen LogP contribution in [0.4, 0.5) is 13.2 Å². The van der Waals surface area contributed by atoms with Crippen molar-refractivity contribution >= 4 is 27.3 Å². The Labute approximate surface area is 167 Å². The molecule has 1 atom stereocenters. The lowest BCUT2D eigenvalue weighted by molar-refractivity contribution is -0.134. The number of thiophene rings is 1. The number of halogens is 3. The van der Waals surface area contributed by atoms with Gasteiger partial charge < -0.3 is 4.90 Å². The monoisotopic (exact) mass is 439 g/mol. The number of hydrogen-bond acceptors (Lipinski definition) is 5. The van der Waals surface area contributed by atoms with Crippen LogP contribution in [0.15, 0.2) is 12.1 Å². The zero-order valence-electron chi connectivity index (χ0n) is 15.8. The standard InChI is InChI=1S/C17H24F3N3O3S2/c1-3-16(6-7-23(12-16)28(2,25)26)22-10-8-21(9-11-22)15(24)13-4-5-14(27-13)17(18,19)20/h4-5H,3,6-12H2,1-2H3. The summed E-state index contributed by atoms with van der Waals surface area (Å²) < 4.78 is 63.5. The summed E-state index contributed by atoms with van der Waals surface area (Å²) in [4.78, 5) is 15.7. The molecule has 0 aromatic carbocycles. The lowest BCUT2D eigenvalue weighted by atomic mass is 9.92. The van der Waals surface area contributed by atoms with Gasteiger partial charge in [0.25, 0.3) is 5.91 Å². The third-order valence-electron chi connectivity index (χ3n) is 5.76. The summed E-state index contributed by atoms with van der Waals surface area (Å²) in [6, 6.07) is 2.18. The predicted molar refractivity (Wildman–Crippen MR) is 101 cm³/mol. The normalized spacial score (nSPS) is 25.4. The first-order valence-corrected chi connectivity index (χ1v) is 11.8. The van der Waals surface area contributed by atoms with Gasteiger partial charge >= 0.3 is 6.18 Å². The molecule has 2 aliphatic heterocycles. The Bertz CT molecular complexity index is 832. The van der Waals surface area contributed by atoms with Crippen molar-refractivity contribution in [3.8, 4) is 0 Å². The first-order valence-electron chi connectivity index (χ1n) is 9.13. The number of sulfonamides is 1. The molecule has 1 amide bonds. The maximum Gasteiger partial charge on any atom is 0.425 e. The second-order valence-electron chi connectivity index (χ2n) is 7.37. The van der Waals surface area contributed by atoms with Gasteiger partial charge in [-0.25, -0.2) is 12.7 Å². The molecule has 6 nitrogen and oxygen atoms in total. The third kappa shape index (κ3) is 4.22. The SMILES string of the molecule is CCC1(N2CCN(C(=O)c3ccc(C(F)(F)F)s3)CC2)CCN(S(C)(=O)=O)C1. The Morgan fingerprint density at radius 3 is 2.29 bits per heavy atom. The lowest BCUT2D eigenvalue weighted by Crippen LogP contribution is -2.58. The fraction of sp³-hybridized carbons (Fsp3) is 0.706. The number of alkyl halides is 3. The van der Waals surface area contributed by atoms with E-state index >= 15 is 0 Å². The van der Waals surface area contributed by atoms with Crippen molar-refractivity contribution < 1.29 is 26.4 Å². The number of piperazine rings is 1. The van der Waals surface area contributed by atoms with E-state index in [9.17, 15) is 26.4 Å². The molecular formula is C17H24F3N3O3S2. The van der Waals surface area contributed by atoms with E-state index in [1.54, 1.807) is 4.90 Å². The van der Waals surface area contributed by atoms with Crippen molar-refractivity contribution in [2.45, 2.75) is 31.5 Å². The quantitative estimate of drug-likeness (QED) is 0.723. The molecule has 1 aromatic rings. The number of hydrogen-bond donors (Lipinski definition) is 0. The van der Waals surface area contributed by atoms with Crippen molar-refractivity contribution in [3.05, 3.63) is 21.9 Å². The minimum absolute atomic E-state index is 0.0927. The third-order valence-corrected chi connectivity index (χ3v) is 8.13. The number of amides is 1. The van der Waals surface area contributed by atoms with E-state index in [2.05, 4.69) is 4.90 Å². The van der Waals surface area contributed by atoms with E-state index in [-0.39, 0.29) is 16.3 Å². The van der Waals surface area contributed by atoms with Crippen molar-refractivity contribution in [1.82, 2.24) is 14.1 Å².